The first-order chi connectivity index (χ1) is 8.08. The van der Waals surface area contributed by atoms with Crippen LogP contribution in [0.3, 0.4) is 0 Å². The molecule has 90 valence electrons. The molecular weight excluding hydrogens is 256 g/mol. The van der Waals surface area contributed by atoms with Crippen LogP contribution >= 0.6 is 22.7 Å². The van der Waals surface area contributed by atoms with Crippen molar-refractivity contribution >= 4 is 33.6 Å². The van der Waals surface area contributed by atoms with Crippen molar-refractivity contribution in [3.05, 3.63) is 33.1 Å². The number of aromatic nitrogens is 1. The summed E-state index contributed by atoms with van der Waals surface area (Å²) in [6.07, 6.45) is 0. The number of thiophene rings is 1. The lowest BCUT2D eigenvalue weighted by atomic mass is 10.2. The molecule has 4 nitrogen and oxygen atoms in total. The molecule has 2 aromatic rings. The molecule has 0 amide bonds. The van der Waals surface area contributed by atoms with E-state index >= 15 is 0 Å². The molecule has 2 aromatic heterocycles. The Morgan fingerprint density at radius 2 is 2.29 bits per heavy atom. The van der Waals surface area contributed by atoms with E-state index in [4.69, 9.17) is 5.11 Å². The van der Waals surface area contributed by atoms with Crippen molar-refractivity contribution in [3.8, 4) is 0 Å². The van der Waals surface area contributed by atoms with Crippen LogP contribution in [0, 0.1) is 6.92 Å². The lowest BCUT2D eigenvalue weighted by Crippen LogP contribution is -2.08. The van der Waals surface area contributed by atoms with E-state index in [0.29, 0.717) is 5.00 Å². The van der Waals surface area contributed by atoms with Crippen LogP contribution in [0.1, 0.15) is 33.2 Å². The fourth-order valence-corrected chi connectivity index (χ4v) is 3.09. The molecule has 6 heteroatoms. The number of nitrogens with one attached hydrogen (secondary N) is 1. The van der Waals surface area contributed by atoms with Crippen molar-refractivity contribution < 1.29 is 9.90 Å². The fraction of sp³-hybridized carbons (Fsp3) is 0.273. The van der Waals surface area contributed by atoms with Crippen LogP contribution in [0.4, 0.5) is 5.00 Å². The standard InChI is InChI=1S/C11H12N2O2S2/c1-6-3-4-8(17-6)7(2)13-10-9(11(14)15)12-5-16-10/h3-5,7,13H,1-2H3,(H,14,15). The smallest absolute Gasteiger partial charge is 0.357 e. The molecule has 0 fully saturated rings. The summed E-state index contributed by atoms with van der Waals surface area (Å²) in [6.45, 7) is 4.06. The summed E-state index contributed by atoms with van der Waals surface area (Å²) in [5.74, 6) is -0.997. The molecule has 2 heterocycles. The van der Waals surface area contributed by atoms with Crippen LogP contribution < -0.4 is 5.32 Å². The number of carboxylic acids is 1. The van der Waals surface area contributed by atoms with Gasteiger partial charge < -0.3 is 10.4 Å². The lowest BCUT2D eigenvalue weighted by Gasteiger charge is -2.11. The van der Waals surface area contributed by atoms with Gasteiger partial charge in [-0.3, -0.25) is 0 Å². The summed E-state index contributed by atoms with van der Waals surface area (Å²) in [5, 5.41) is 12.7. The monoisotopic (exact) mass is 268 g/mol. The SMILES string of the molecule is Cc1ccc(C(C)Nc2scnc2C(=O)O)s1. The van der Waals surface area contributed by atoms with Crippen LogP contribution in [0.15, 0.2) is 17.6 Å². The zero-order valence-corrected chi connectivity index (χ0v) is 11.1. The highest BCUT2D eigenvalue weighted by Gasteiger charge is 2.16. The number of aryl methyl sites for hydroxylation is 1. The zero-order valence-electron chi connectivity index (χ0n) is 9.43. The summed E-state index contributed by atoms with van der Waals surface area (Å²) >= 11 is 3.02. The molecule has 1 unspecified atom stereocenters. The summed E-state index contributed by atoms with van der Waals surface area (Å²) in [7, 11) is 0. The minimum atomic E-state index is -0.997. The number of hydrogen-bond acceptors (Lipinski definition) is 5. The molecule has 17 heavy (non-hydrogen) atoms. The fourth-order valence-electron chi connectivity index (χ4n) is 1.45. The quantitative estimate of drug-likeness (QED) is 0.892. The number of nitrogens with zero attached hydrogens (tertiary/aromatic N) is 1. The third-order valence-corrected chi connectivity index (χ3v) is 4.25. The van der Waals surface area contributed by atoms with Gasteiger partial charge in [0, 0.05) is 9.75 Å². The number of anilines is 1. The van der Waals surface area contributed by atoms with Gasteiger partial charge in [0.05, 0.1) is 11.6 Å². The Morgan fingerprint density at radius 3 is 2.88 bits per heavy atom. The third kappa shape index (κ3) is 2.65. The number of thiazole rings is 1. The summed E-state index contributed by atoms with van der Waals surface area (Å²) in [4.78, 5) is 17.2. The van der Waals surface area contributed by atoms with Crippen LogP contribution in [-0.2, 0) is 0 Å². The van der Waals surface area contributed by atoms with Crippen molar-refractivity contribution in [1.82, 2.24) is 4.98 Å². The van der Waals surface area contributed by atoms with E-state index < -0.39 is 5.97 Å². The lowest BCUT2D eigenvalue weighted by molar-refractivity contribution is 0.0692. The molecule has 0 aliphatic carbocycles. The second-order valence-corrected chi connectivity index (χ2v) is 5.82. The van der Waals surface area contributed by atoms with Crippen LogP contribution in [0.25, 0.3) is 0 Å². The second-order valence-electron chi connectivity index (χ2n) is 3.65. The molecule has 2 N–H and O–H groups in total. The largest absolute Gasteiger partial charge is 0.476 e. The third-order valence-electron chi connectivity index (χ3n) is 2.31. The van der Waals surface area contributed by atoms with Crippen molar-refractivity contribution in [1.29, 1.82) is 0 Å². The van der Waals surface area contributed by atoms with E-state index in [9.17, 15) is 4.79 Å². The van der Waals surface area contributed by atoms with Crippen molar-refractivity contribution in [2.24, 2.45) is 0 Å². The number of carboxylic acid groups (broad SMARTS) is 1. The summed E-state index contributed by atoms with van der Waals surface area (Å²) < 4.78 is 0. The Kier molecular flexibility index (Phi) is 3.44. The first kappa shape index (κ1) is 12.1. The minimum Gasteiger partial charge on any atom is -0.476 e. The molecule has 2 rings (SSSR count). The van der Waals surface area contributed by atoms with Gasteiger partial charge in [-0.25, -0.2) is 9.78 Å². The van der Waals surface area contributed by atoms with Crippen molar-refractivity contribution in [3.63, 3.8) is 0 Å². The highest BCUT2D eigenvalue weighted by atomic mass is 32.1. The van der Waals surface area contributed by atoms with Gasteiger partial charge in [0.2, 0.25) is 0 Å². The molecule has 0 aromatic carbocycles. The molecular formula is C11H12N2O2S2. The van der Waals surface area contributed by atoms with E-state index in [1.165, 1.54) is 26.6 Å². The van der Waals surface area contributed by atoms with Crippen molar-refractivity contribution in [2.45, 2.75) is 19.9 Å². The molecule has 0 spiro atoms. The number of aromatic carboxylic acids is 1. The average Bonchev–Trinajstić information content (AvgIpc) is 2.86. The van der Waals surface area contributed by atoms with E-state index in [0.717, 1.165) is 0 Å². The van der Waals surface area contributed by atoms with Gasteiger partial charge in [0.1, 0.15) is 5.00 Å². The van der Waals surface area contributed by atoms with Gasteiger partial charge in [0.25, 0.3) is 0 Å². The minimum absolute atomic E-state index is 0.0900. The second kappa shape index (κ2) is 4.85. The Morgan fingerprint density at radius 1 is 1.53 bits per heavy atom. The average molecular weight is 268 g/mol. The van der Waals surface area contributed by atoms with Gasteiger partial charge >= 0.3 is 5.97 Å². The Bertz CT molecular complexity index is 533. The van der Waals surface area contributed by atoms with Gasteiger partial charge in [-0.1, -0.05) is 0 Å². The molecule has 0 bridgehead atoms. The van der Waals surface area contributed by atoms with Gasteiger partial charge in [-0.05, 0) is 26.0 Å². The Labute approximate surface area is 107 Å². The normalized spacial score (nSPS) is 12.4. The highest BCUT2D eigenvalue weighted by molar-refractivity contribution is 7.14. The molecule has 0 saturated heterocycles. The first-order valence-corrected chi connectivity index (χ1v) is 6.77. The van der Waals surface area contributed by atoms with E-state index in [2.05, 4.69) is 29.4 Å². The van der Waals surface area contributed by atoms with Gasteiger partial charge in [0.15, 0.2) is 5.69 Å². The molecule has 0 aliphatic rings. The number of carbonyl (C=O) groups is 1. The van der Waals surface area contributed by atoms with E-state index in [1.54, 1.807) is 11.3 Å². The summed E-state index contributed by atoms with van der Waals surface area (Å²) in [5.41, 5.74) is 1.63. The maximum Gasteiger partial charge on any atom is 0.357 e. The Balaban J connectivity index is 2.15. The van der Waals surface area contributed by atoms with Gasteiger partial charge in [-0.2, -0.15) is 0 Å². The summed E-state index contributed by atoms with van der Waals surface area (Å²) in [6, 6.07) is 4.20. The van der Waals surface area contributed by atoms with Crippen LogP contribution in [0.2, 0.25) is 0 Å². The highest BCUT2D eigenvalue weighted by Crippen LogP contribution is 2.29. The number of hydrogen-bond donors (Lipinski definition) is 2. The Hall–Kier alpha value is -1.40. The van der Waals surface area contributed by atoms with E-state index in [1.807, 2.05) is 6.92 Å². The molecule has 0 radical (unpaired) electrons. The predicted molar refractivity (Wildman–Crippen MR) is 70.2 cm³/mol. The van der Waals surface area contributed by atoms with Crippen LogP contribution in [-0.4, -0.2) is 16.1 Å². The first-order valence-electron chi connectivity index (χ1n) is 5.07. The predicted octanol–water partition coefficient (Wildman–Crippen LogP) is 3.38. The molecule has 1 atom stereocenters. The maximum atomic E-state index is 10.9. The van der Waals surface area contributed by atoms with Crippen molar-refractivity contribution in [2.75, 3.05) is 5.32 Å². The van der Waals surface area contributed by atoms with Crippen LogP contribution in [0.5, 0.6) is 0 Å². The zero-order chi connectivity index (χ0) is 12.4. The van der Waals surface area contributed by atoms with Gasteiger partial charge in [-0.15, -0.1) is 22.7 Å². The molecule has 0 saturated carbocycles. The number of rotatable bonds is 4. The maximum absolute atomic E-state index is 10.9. The molecule has 0 aliphatic heterocycles. The van der Waals surface area contributed by atoms with E-state index in [-0.39, 0.29) is 11.7 Å². The topological polar surface area (TPSA) is 62.2 Å².